The van der Waals surface area contributed by atoms with Gasteiger partial charge in [0, 0.05) is 47.5 Å². The number of hydrazone groups is 2. The third kappa shape index (κ3) is 10.1. The van der Waals surface area contributed by atoms with E-state index in [-0.39, 0.29) is 17.1 Å². The predicted octanol–water partition coefficient (Wildman–Crippen LogP) is 10.8. The quantitative estimate of drug-likeness (QED) is 0.167. The average molecular weight is 960 g/mol. The highest BCUT2D eigenvalue weighted by atomic mass is 35.5. The van der Waals surface area contributed by atoms with Crippen molar-refractivity contribution >= 4 is 46.7 Å². The molecule has 0 bridgehead atoms. The van der Waals surface area contributed by atoms with Gasteiger partial charge in [-0.05, 0) is 101 Å². The fourth-order valence-electron chi connectivity index (χ4n) is 8.18. The Morgan fingerprint density at radius 1 is 0.657 bits per heavy atom. The number of amides is 4. The number of aromatic nitrogens is 2. The van der Waals surface area contributed by atoms with Gasteiger partial charge in [0.2, 0.25) is 0 Å². The van der Waals surface area contributed by atoms with E-state index in [0.717, 1.165) is 56.1 Å². The topological polar surface area (TPSA) is 160 Å². The second kappa shape index (κ2) is 19.5. The Hall–Kier alpha value is -6.85. The summed E-state index contributed by atoms with van der Waals surface area (Å²) in [7, 11) is 4.67. The Kier molecular flexibility index (Phi) is 14.0. The standard InChI is InChI=1S/C24H22ClF3N4O3.C24H25ClN4O3/c1-12-9-17-10-19(25)20(34-24(26,27)28)11-18(17)22(30-32(12)23(33)29-4)16-7-5-15(6-8-16)21-13(2)31-35-14(21)3;1-13-10-18-11-21(31-5)20(25)12-19(18)23(27-29(13)24(30)26-4)17-8-6-16(7-9-17)22-14(2)28-32-15(22)3/h5-8,10-12H,9H2,1-4H3,(H,29,33);6-9,11-13H,10H2,1-5H3,(H,26,30)/t12-;/m1./s1. The lowest BCUT2D eigenvalue weighted by Gasteiger charge is -2.22. The van der Waals surface area contributed by atoms with Gasteiger partial charge in [0.25, 0.3) is 0 Å². The molecular formula is C48H47Cl2F3N8O6. The zero-order valence-corrected chi connectivity index (χ0v) is 39.5. The molecular weight excluding hydrogens is 912 g/mol. The van der Waals surface area contributed by atoms with Crippen molar-refractivity contribution in [2.24, 2.45) is 10.2 Å². The lowest BCUT2D eigenvalue weighted by atomic mass is 9.93. The molecule has 14 nitrogen and oxygen atoms in total. The second-order valence-electron chi connectivity index (χ2n) is 16.0. The number of nitrogens with one attached hydrogen (secondary N) is 2. The fraction of sp³-hybridized carbons (Fsp3) is 0.292. The molecule has 19 heteroatoms. The van der Waals surface area contributed by atoms with Gasteiger partial charge in [-0.2, -0.15) is 10.2 Å². The smallest absolute Gasteiger partial charge is 0.495 e. The number of hydrogen-bond donors (Lipinski definition) is 2. The largest absolute Gasteiger partial charge is 0.573 e. The zero-order valence-electron chi connectivity index (χ0n) is 38.0. The summed E-state index contributed by atoms with van der Waals surface area (Å²) in [6.45, 7) is 11.2. The summed E-state index contributed by atoms with van der Waals surface area (Å²) in [4.78, 5) is 25.1. The molecule has 2 aromatic heterocycles. The van der Waals surface area contributed by atoms with Gasteiger partial charge in [0.05, 0.1) is 52.0 Å². The highest BCUT2D eigenvalue weighted by molar-refractivity contribution is 6.33. The van der Waals surface area contributed by atoms with Crippen LogP contribution < -0.4 is 20.1 Å². The molecule has 4 heterocycles. The number of urea groups is 2. The first-order chi connectivity index (χ1) is 31.8. The minimum atomic E-state index is -4.92. The number of alkyl halides is 3. The number of ether oxygens (including phenoxy) is 2. The average Bonchev–Trinajstić information content (AvgIpc) is 3.72. The number of hydrogen-bond acceptors (Lipinski definition) is 10. The molecule has 2 aliphatic rings. The van der Waals surface area contributed by atoms with Crippen LogP contribution in [0, 0.1) is 27.7 Å². The molecule has 4 amide bonds. The van der Waals surface area contributed by atoms with Crippen LogP contribution in [0.4, 0.5) is 22.8 Å². The van der Waals surface area contributed by atoms with Gasteiger partial charge in [-0.15, -0.1) is 13.2 Å². The lowest BCUT2D eigenvalue weighted by Crippen LogP contribution is -2.41. The van der Waals surface area contributed by atoms with E-state index in [9.17, 15) is 22.8 Å². The number of rotatable bonds is 6. The highest BCUT2D eigenvalue weighted by Crippen LogP contribution is 2.38. The first kappa shape index (κ1) is 48.1. The molecule has 0 saturated heterocycles. The van der Waals surface area contributed by atoms with Gasteiger partial charge in [-0.3, -0.25) is 0 Å². The summed E-state index contributed by atoms with van der Waals surface area (Å²) in [5.74, 6) is 1.49. The first-order valence-corrected chi connectivity index (χ1v) is 21.8. The number of nitrogens with zero attached hydrogens (tertiary/aromatic N) is 6. The van der Waals surface area contributed by atoms with E-state index in [1.807, 2.05) is 83.1 Å². The van der Waals surface area contributed by atoms with Crippen LogP contribution in [0.1, 0.15) is 70.1 Å². The molecule has 2 aliphatic heterocycles. The van der Waals surface area contributed by atoms with Crippen molar-refractivity contribution in [1.82, 2.24) is 31.0 Å². The summed E-state index contributed by atoms with van der Waals surface area (Å²) in [6.07, 6.45) is -3.99. The fourth-order valence-corrected chi connectivity index (χ4v) is 8.65. The monoisotopic (exact) mass is 958 g/mol. The number of benzene rings is 4. The lowest BCUT2D eigenvalue weighted by molar-refractivity contribution is -0.274. The molecule has 2 N–H and O–H groups in total. The van der Waals surface area contributed by atoms with Crippen molar-refractivity contribution < 1.29 is 41.3 Å². The Balaban J connectivity index is 0.000000200. The van der Waals surface area contributed by atoms with Crippen molar-refractivity contribution in [3.8, 4) is 33.8 Å². The minimum absolute atomic E-state index is 0.154. The van der Waals surface area contributed by atoms with Crippen molar-refractivity contribution in [2.45, 2.75) is 72.8 Å². The van der Waals surface area contributed by atoms with E-state index in [1.54, 1.807) is 33.2 Å². The number of aryl methyl sites for hydroxylation is 4. The van der Waals surface area contributed by atoms with Crippen LogP contribution >= 0.6 is 23.2 Å². The van der Waals surface area contributed by atoms with Crippen LogP contribution in [-0.4, -0.2) is 83.5 Å². The molecule has 0 aliphatic carbocycles. The predicted molar refractivity (Wildman–Crippen MR) is 249 cm³/mol. The second-order valence-corrected chi connectivity index (χ2v) is 16.8. The first-order valence-electron chi connectivity index (χ1n) is 21.0. The molecule has 8 rings (SSSR count). The third-order valence-corrected chi connectivity index (χ3v) is 11.9. The van der Waals surface area contributed by atoms with E-state index in [1.165, 1.54) is 29.2 Å². The van der Waals surface area contributed by atoms with Gasteiger partial charge < -0.3 is 29.2 Å². The van der Waals surface area contributed by atoms with Crippen LogP contribution in [0.15, 0.2) is 92.0 Å². The van der Waals surface area contributed by atoms with Crippen molar-refractivity contribution in [3.63, 3.8) is 0 Å². The molecule has 0 radical (unpaired) electrons. The summed E-state index contributed by atoms with van der Waals surface area (Å²) in [5.41, 5.74) is 10.6. The van der Waals surface area contributed by atoms with Crippen molar-refractivity contribution in [1.29, 1.82) is 0 Å². The molecule has 1 unspecified atom stereocenters. The van der Waals surface area contributed by atoms with E-state index >= 15 is 0 Å². The number of methoxy groups -OCH3 is 1. The number of carbonyl (C=O) groups excluding carboxylic acids is 2. The molecule has 4 aromatic carbocycles. The van der Waals surface area contributed by atoms with Gasteiger partial charge in [-0.1, -0.05) is 82.0 Å². The summed E-state index contributed by atoms with van der Waals surface area (Å²) in [5, 5.41) is 25.6. The molecule has 0 fully saturated rings. The van der Waals surface area contributed by atoms with E-state index in [2.05, 4.69) is 30.8 Å². The van der Waals surface area contributed by atoms with Gasteiger partial charge in [0.15, 0.2) is 0 Å². The number of fused-ring (bicyclic) bond motifs is 2. The Bertz CT molecular complexity index is 2860. The normalized spacial score (nSPS) is 15.7. The Morgan fingerprint density at radius 2 is 1.06 bits per heavy atom. The molecule has 2 atom stereocenters. The van der Waals surface area contributed by atoms with Gasteiger partial charge in [-0.25, -0.2) is 19.6 Å². The molecule has 350 valence electrons. The summed E-state index contributed by atoms with van der Waals surface area (Å²) < 4.78 is 59.1. The molecule has 67 heavy (non-hydrogen) atoms. The number of halogens is 5. The molecule has 6 aromatic rings. The summed E-state index contributed by atoms with van der Waals surface area (Å²) >= 11 is 12.6. The Morgan fingerprint density at radius 3 is 1.45 bits per heavy atom. The van der Waals surface area contributed by atoms with Crippen molar-refractivity contribution in [3.05, 3.63) is 139 Å². The van der Waals surface area contributed by atoms with Crippen LogP contribution in [0.25, 0.3) is 22.3 Å². The van der Waals surface area contributed by atoms with Crippen LogP contribution in [-0.2, 0) is 12.8 Å². The third-order valence-electron chi connectivity index (χ3n) is 11.4. The molecule has 0 saturated carbocycles. The minimum Gasteiger partial charge on any atom is -0.495 e. The van der Waals surface area contributed by atoms with Crippen LogP contribution in [0.2, 0.25) is 10.0 Å². The SMILES string of the molecule is CNC(=O)N1N=C(c2ccc(-c3c(C)noc3C)cc2)c2cc(Cl)c(OC)cc2CC1C.CNC(=O)N1N=C(c2ccc(-c3c(C)noc3C)cc2)c2cc(OC(F)(F)F)c(Cl)cc2C[C@H]1C. The van der Waals surface area contributed by atoms with E-state index < -0.39 is 24.2 Å². The van der Waals surface area contributed by atoms with Crippen LogP contribution in [0.5, 0.6) is 11.5 Å². The maximum Gasteiger partial charge on any atom is 0.573 e. The van der Waals surface area contributed by atoms with E-state index in [4.69, 9.17) is 42.1 Å². The zero-order chi connectivity index (χ0) is 48.5. The van der Waals surface area contributed by atoms with Crippen molar-refractivity contribution in [2.75, 3.05) is 21.2 Å². The maximum absolute atomic E-state index is 13.0. The van der Waals surface area contributed by atoms with Crippen LogP contribution in [0.3, 0.4) is 0 Å². The Labute approximate surface area is 394 Å². The summed E-state index contributed by atoms with van der Waals surface area (Å²) in [6, 6.07) is 20.4. The number of carbonyl (C=O) groups is 2. The highest BCUT2D eigenvalue weighted by Gasteiger charge is 2.34. The van der Waals surface area contributed by atoms with E-state index in [0.29, 0.717) is 57.5 Å². The molecule has 0 spiro atoms. The maximum atomic E-state index is 13.0. The van der Waals surface area contributed by atoms with Gasteiger partial charge in [0.1, 0.15) is 23.0 Å². The van der Waals surface area contributed by atoms with Gasteiger partial charge >= 0.3 is 18.4 Å².